The second-order valence-electron chi connectivity index (χ2n) is 6.99. The Bertz CT molecular complexity index is 373. The SMILES string of the molecule is COC(=O)C1(N2CCCNCC2)CC(C)(C)OC1(C)C. The Morgan fingerprint density at radius 3 is 2.45 bits per heavy atom. The fourth-order valence-corrected chi connectivity index (χ4v) is 3.98. The number of nitrogens with one attached hydrogen (secondary N) is 1. The van der Waals surface area contributed by atoms with Crippen molar-refractivity contribution in [1.29, 1.82) is 0 Å². The molecule has 1 N–H and O–H groups in total. The van der Waals surface area contributed by atoms with E-state index in [2.05, 4.69) is 24.1 Å². The predicted molar refractivity (Wildman–Crippen MR) is 77.7 cm³/mol. The first-order chi connectivity index (χ1) is 9.25. The summed E-state index contributed by atoms with van der Waals surface area (Å²) in [6.07, 6.45) is 1.70. The highest BCUT2D eigenvalue weighted by molar-refractivity contribution is 5.83. The molecule has 0 aromatic rings. The molecule has 0 aliphatic carbocycles. The minimum Gasteiger partial charge on any atom is -0.468 e. The van der Waals surface area contributed by atoms with Gasteiger partial charge in [-0.05, 0) is 40.7 Å². The van der Waals surface area contributed by atoms with E-state index >= 15 is 0 Å². The van der Waals surface area contributed by atoms with Crippen molar-refractivity contribution in [3.05, 3.63) is 0 Å². The summed E-state index contributed by atoms with van der Waals surface area (Å²) in [6, 6.07) is 0. The molecular weight excluding hydrogens is 256 g/mol. The van der Waals surface area contributed by atoms with Gasteiger partial charge in [0.25, 0.3) is 0 Å². The summed E-state index contributed by atoms with van der Waals surface area (Å²) in [6.45, 7) is 11.8. The van der Waals surface area contributed by atoms with Crippen LogP contribution in [0.3, 0.4) is 0 Å². The van der Waals surface area contributed by atoms with Crippen LogP contribution in [0.4, 0.5) is 0 Å². The van der Waals surface area contributed by atoms with Gasteiger partial charge in [0.1, 0.15) is 0 Å². The van der Waals surface area contributed by atoms with Crippen LogP contribution in [0.5, 0.6) is 0 Å². The van der Waals surface area contributed by atoms with Crippen molar-refractivity contribution in [2.24, 2.45) is 0 Å². The third kappa shape index (κ3) is 2.47. The topological polar surface area (TPSA) is 50.8 Å². The van der Waals surface area contributed by atoms with E-state index in [-0.39, 0.29) is 11.6 Å². The van der Waals surface area contributed by atoms with E-state index in [9.17, 15) is 4.79 Å². The average Bonchev–Trinajstić information content (AvgIpc) is 2.54. The fraction of sp³-hybridized carbons (Fsp3) is 0.933. The molecule has 0 spiro atoms. The summed E-state index contributed by atoms with van der Waals surface area (Å²) in [7, 11) is 1.47. The Kier molecular flexibility index (Phi) is 4.15. The average molecular weight is 284 g/mol. The quantitative estimate of drug-likeness (QED) is 0.772. The molecular formula is C15H28N2O3. The van der Waals surface area contributed by atoms with Crippen LogP contribution in [0.15, 0.2) is 0 Å². The number of hydrogen-bond donors (Lipinski definition) is 1. The van der Waals surface area contributed by atoms with E-state index in [0.29, 0.717) is 6.42 Å². The van der Waals surface area contributed by atoms with Gasteiger partial charge in [-0.15, -0.1) is 0 Å². The van der Waals surface area contributed by atoms with Crippen LogP contribution in [-0.4, -0.2) is 60.9 Å². The van der Waals surface area contributed by atoms with Crippen molar-refractivity contribution in [3.63, 3.8) is 0 Å². The lowest BCUT2D eigenvalue weighted by atomic mass is 9.77. The standard InChI is InChI=1S/C15H28N2O3/c1-13(2)11-15(12(18)19-5,14(3,4)20-13)17-9-6-7-16-8-10-17/h16H,6-11H2,1-5H3. The van der Waals surface area contributed by atoms with Crippen LogP contribution >= 0.6 is 0 Å². The van der Waals surface area contributed by atoms with Crippen molar-refractivity contribution in [1.82, 2.24) is 10.2 Å². The highest BCUT2D eigenvalue weighted by atomic mass is 16.6. The number of nitrogens with zero attached hydrogens (tertiary/aromatic N) is 1. The van der Waals surface area contributed by atoms with Gasteiger partial charge in [0, 0.05) is 26.1 Å². The third-order valence-electron chi connectivity index (χ3n) is 4.61. The number of hydrogen-bond acceptors (Lipinski definition) is 5. The Labute approximate surface area is 122 Å². The maximum absolute atomic E-state index is 12.7. The molecule has 0 radical (unpaired) electrons. The molecule has 1 atom stereocenters. The summed E-state index contributed by atoms with van der Waals surface area (Å²) in [4.78, 5) is 15.0. The molecule has 2 heterocycles. The Hall–Kier alpha value is -0.650. The molecule has 20 heavy (non-hydrogen) atoms. The molecule has 5 heteroatoms. The van der Waals surface area contributed by atoms with Crippen LogP contribution in [0.25, 0.3) is 0 Å². The van der Waals surface area contributed by atoms with Gasteiger partial charge in [0.05, 0.1) is 18.3 Å². The minimum absolute atomic E-state index is 0.171. The highest BCUT2D eigenvalue weighted by Crippen LogP contribution is 2.49. The summed E-state index contributed by atoms with van der Waals surface area (Å²) in [5, 5.41) is 3.39. The number of carbonyl (C=O) groups excluding carboxylic acids is 1. The van der Waals surface area contributed by atoms with Crippen LogP contribution in [0, 0.1) is 0 Å². The van der Waals surface area contributed by atoms with Crippen LogP contribution in [-0.2, 0) is 14.3 Å². The number of methoxy groups -OCH3 is 1. The van der Waals surface area contributed by atoms with Gasteiger partial charge < -0.3 is 14.8 Å². The summed E-state index contributed by atoms with van der Waals surface area (Å²) < 4.78 is 11.4. The van der Waals surface area contributed by atoms with Crippen molar-refractivity contribution in [2.75, 3.05) is 33.3 Å². The molecule has 5 nitrogen and oxygen atoms in total. The molecule has 0 amide bonds. The van der Waals surface area contributed by atoms with Crippen molar-refractivity contribution in [2.45, 2.75) is 57.3 Å². The van der Waals surface area contributed by atoms with E-state index < -0.39 is 11.1 Å². The van der Waals surface area contributed by atoms with Crippen LogP contribution < -0.4 is 5.32 Å². The zero-order valence-corrected chi connectivity index (χ0v) is 13.4. The van der Waals surface area contributed by atoms with Crippen LogP contribution in [0.2, 0.25) is 0 Å². The fourth-order valence-electron chi connectivity index (χ4n) is 3.98. The maximum Gasteiger partial charge on any atom is 0.329 e. The summed E-state index contributed by atoms with van der Waals surface area (Å²) >= 11 is 0. The van der Waals surface area contributed by atoms with Crippen molar-refractivity contribution < 1.29 is 14.3 Å². The van der Waals surface area contributed by atoms with Gasteiger partial charge in [-0.1, -0.05) is 0 Å². The first-order valence-electron chi connectivity index (χ1n) is 7.50. The van der Waals surface area contributed by atoms with Crippen molar-refractivity contribution >= 4 is 5.97 Å². The Morgan fingerprint density at radius 2 is 1.90 bits per heavy atom. The number of esters is 1. The zero-order valence-electron chi connectivity index (χ0n) is 13.4. The Balaban J connectivity index is 2.42. The smallest absolute Gasteiger partial charge is 0.329 e. The molecule has 2 rings (SSSR count). The lowest BCUT2D eigenvalue weighted by Gasteiger charge is -2.45. The summed E-state index contributed by atoms with van der Waals surface area (Å²) in [5.41, 5.74) is -1.58. The van der Waals surface area contributed by atoms with Crippen LogP contribution in [0.1, 0.15) is 40.5 Å². The highest BCUT2D eigenvalue weighted by Gasteiger charge is 2.65. The largest absolute Gasteiger partial charge is 0.468 e. The van der Waals surface area contributed by atoms with Gasteiger partial charge in [-0.2, -0.15) is 0 Å². The van der Waals surface area contributed by atoms with E-state index in [4.69, 9.17) is 9.47 Å². The second kappa shape index (κ2) is 5.28. The van der Waals surface area contributed by atoms with Gasteiger partial charge >= 0.3 is 5.97 Å². The van der Waals surface area contributed by atoms with E-state index in [1.807, 2.05) is 13.8 Å². The number of carbonyl (C=O) groups is 1. The number of ether oxygens (including phenoxy) is 2. The van der Waals surface area contributed by atoms with Crippen molar-refractivity contribution in [3.8, 4) is 0 Å². The first kappa shape index (κ1) is 15.7. The molecule has 0 aromatic carbocycles. The summed E-state index contributed by atoms with van der Waals surface area (Å²) in [5.74, 6) is -0.171. The van der Waals surface area contributed by atoms with Gasteiger partial charge in [-0.25, -0.2) is 4.79 Å². The molecule has 2 fully saturated rings. The molecule has 1 unspecified atom stereocenters. The van der Waals surface area contributed by atoms with Gasteiger partial charge in [0.2, 0.25) is 0 Å². The molecule has 116 valence electrons. The predicted octanol–water partition coefficient (Wildman–Crippen LogP) is 1.17. The van der Waals surface area contributed by atoms with E-state index in [1.165, 1.54) is 7.11 Å². The van der Waals surface area contributed by atoms with E-state index in [1.54, 1.807) is 0 Å². The normalized spacial score (nSPS) is 33.6. The molecule has 2 saturated heterocycles. The number of rotatable bonds is 2. The third-order valence-corrected chi connectivity index (χ3v) is 4.61. The minimum atomic E-state index is -0.697. The van der Waals surface area contributed by atoms with Gasteiger partial charge in [0.15, 0.2) is 5.54 Å². The lowest BCUT2D eigenvalue weighted by molar-refractivity contribution is -0.169. The molecule has 0 saturated carbocycles. The van der Waals surface area contributed by atoms with E-state index in [0.717, 1.165) is 32.6 Å². The monoisotopic (exact) mass is 284 g/mol. The lowest BCUT2D eigenvalue weighted by Crippen LogP contribution is -2.65. The zero-order chi connectivity index (χ0) is 15.0. The second-order valence-corrected chi connectivity index (χ2v) is 6.99. The Morgan fingerprint density at radius 1 is 1.20 bits per heavy atom. The molecule has 2 aliphatic rings. The first-order valence-corrected chi connectivity index (χ1v) is 7.50. The van der Waals surface area contributed by atoms with Gasteiger partial charge in [-0.3, -0.25) is 4.90 Å². The molecule has 0 aromatic heterocycles. The molecule has 0 bridgehead atoms. The maximum atomic E-state index is 12.7. The molecule has 2 aliphatic heterocycles.